The molecule has 1 aromatic rings. The number of piperidine rings is 1. The van der Waals surface area contributed by atoms with E-state index < -0.39 is 0 Å². The SMILES string of the molecule is CC(C(=O)c1ccc(O)cc1)N1CCCCC1. The quantitative estimate of drug-likeness (QED) is 0.815. The zero-order valence-corrected chi connectivity index (χ0v) is 10.2. The van der Waals surface area contributed by atoms with Crippen molar-refractivity contribution in [3.05, 3.63) is 29.8 Å². The maximum Gasteiger partial charge on any atom is 0.179 e. The number of phenolic OH excluding ortho intramolecular Hbond substituents is 1. The Labute approximate surface area is 102 Å². The molecule has 1 atom stereocenters. The van der Waals surface area contributed by atoms with E-state index in [-0.39, 0.29) is 17.6 Å². The molecule has 1 aliphatic heterocycles. The highest BCUT2D eigenvalue weighted by Gasteiger charge is 2.23. The fourth-order valence-corrected chi connectivity index (χ4v) is 2.34. The van der Waals surface area contributed by atoms with E-state index in [4.69, 9.17) is 0 Å². The third kappa shape index (κ3) is 2.86. The fraction of sp³-hybridized carbons (Fsp3) is 0.500. The van der Waals surface area contributed by atoms with Crippen molar-refractivity contribution >= 4 is 5.78 Å². The maximum atomic E-state index is 12.2. The molecule has 1 heterocycles. The van der Waals surface area contributed by atoms with Crippen molar-refractivity contribution in [3.8, 4) is 5.75 Å². The van der Waals surface area contributed by atoms with E-state index in [1.165, 1.54) is 19.3 Å². The second kappa shape index (κ2) is 5.32. The number of aromatic hydroxyl groups is 1. The third-order valence-corrected chi connectivity index (χ3v) is 3.47. The Morgan fingerprint density at radius 3 is 2.35 bits per heavy atom. The molecule has 1 aliphatic rings. The average molecular weight is 233 g/mol. The lowest BCUT2D eigenvalue weighted by Gasteiger charge is -2.31. The van der Waals surface area contributed by atoms with Gasteiger partial charge in [0.25, 0.3) is 0 Å². The molecule has 1 unspecified atom stereocenters. The molecule has 0 aromatic heterocycles. The number of nitrogens with zero attached hydrogens (tertiary/aromatic N) is 1. The van der Waals surface area contributed by atoms with Crippen molar-refractivity contribution < 1.29 is 9.90 Å². The van der Waals surface area contributed by atoms with Crippen molar-refractivity contribution in [1.82, 2.24) is 4.90 Å². The highest BCUT2D eigenvalue weighted by atomic mass is 16.3. The van der Waals surface area contributed by atoms with Crippen LogP contribution in [0.15, 0.2) is 24.3 Å². The van der Waals surface area contributed by atoms with Gasteiger partial charge in [0, 0.05) is 5.56 Å². The number of likely N-dealkylation sites (tertiary alicyclic amines) is 1. The van der Waals surface area contributed by atoms with Gasteiger partial charge in [-0.25, -0.2) is 0 Å². The van der Waals surface area contributed by atoms with Crippen LogP contribution in [0.3, 0.4) is 0 Å². The van der Waals surface area contributed by atoms with Gasteiger partial charge < -0.3 is 5.11 Å². The Morgan fingerprint density at radius 1 is 1.18 bits per heavy atom. The molecule has 0 aliphatic carbocycles. The van der Waals surface area contributed by atoms with Crippen molar-refractivity contribution in [2.75, 3.05) is 13.1 Å². The van der Waals surface area contributed by atoms with Crippen LogP contribution in [0.25, 0.3) is 0 Å². The first kappa shape index (κ1) is 12.1. The van der Waals surface area contributed by atoms with E-state index in [0.717, 1.165) is 13.1 Å². The molecule has 1 fully saturated rings. The van der Waals surface area contributed by atoms with Crippen molar-refractivity contribution in [1.29, 1.82) is 0 Å². The summed E-state index contributed by atoms with van der Waals surface area (Å²) in [7, 11) is 0. The lowest BCUT2D eigenvalue weighted by atomic mass is 10.0. The first-order valence-electron chi connectivity index (χ1n) is 6.26. The summed E-state index contributed by atoms with van der Waals surface area (Å²) in [5.41, 5.74) is 0.681. The molecule has 0 saturated carbocycles. The standard InChI is InChI=1S/C14H19NO2/c1-11(15-9-3-2-4-10-15)14(17)12-5-7-13(16)8-6-12/h5-8,11,16H,2-4,9-10H2,1H3. The summed E-state index contributed by atoms with van der Waals surface area (Å²) in [6.07, 6.45) is 3.65. The number of carbonyl (C=O) groups is 1. The molecule has 92 valence electrons. The van der Waals surface area contributed by atoms with Crippen LogP contribution in [0.5, 0.6) is 5.75 Å². The van der Waals surface area contributed by atoms with Gasteiger partial charge in [0.2, 0.25) is 0 Å². The van der Waals surface area contributed by atoms with Crippen molar-refractivity contribution in [3.63, 3.8) is 0 Å². The predicted molar refractivity (Wildman–Crippen MR) is 67.3 cm³/mol. The summed E-state index contributed by atoms with van der Waals surface area (Å²) < 4.78 is 0. The van der Waals surface area contributed by atoms with Gasteiger partial charge in [-0.15, -0.1) is 0 Å². The van der Waals surface area contributed by atoms with Gasteiger partial charge in [0.05, 0.1) is 6.04 Å². The molecule has 2 rings (SSSR count). The number of hydrogen-bond acceptors (Lipinski definition) is 3. The van der Waals surface area contributed by atoms with Crippen LogP contribution in [0.2, 0.25) is 0 Å². The van der Waals surface area contributed by atoms with E-state index in [9.17, 15) is 9.90 Å². The number of hydrogen-bond donors (Lipinski definition) is 1. The summed E-state index contributed by atoms with van der Waals surface area (Å²) in [6.45, 7) is 4.01. The topological polar surface area (TPSA) is 40.5 Å². The van der Waals surface area contributed by atoms with Gasteiger partial charge in [-0.3, -0.25) is 9.69 Å². The second-order valence-electron chi connectivity index (χ2n) is 4.68. The minimum Gasteiger partial charge on any atom is -0.508 e. The summed E-state index contributed by atoms with van der Waals surface area (Å²) in [5.74, 6) is 0.346. The van der Waals surface area contributed by atoms with E-state index in [0.29, 0.717) is 5.56 Å². The van der Waals surface area contributed by atoms with Crippen LogP contribution in [0, 0.1) is 0 Å². The Morgan fingerprint density at radius 2 is 1.76 bits per heavy atom. The normalized spacial score (nSPS) is 18.9. The molecule has 0 radical (unpaired) electrons. The molecule has 1 N–H and O–H groups in total. The molecule has 0 spiro atoms. The molecule has 1 aromatic carbocycles. The Balaban J connectivity index is 2.05. The van der Waals surface area contributed by atoms with E-state index in [2.05, 4.69) is 4.90 Å². The van der Waals surface area contributed by atoms with Gasteiger partial charge in [0.15, 0.2) is 5.78 Å². The van der Waals surface area contributed by atoms with Gasteiger partial charge in [-0.1, -0.05) is 6.42 Å². The summed E-state index contributed by atoms with van der Waals surface area (Å²) in [6, 6.07) is 6.46. The van der Waals surface area contributed by atoms with Crippen LogP contribution in [0.1, 0.15) is 36.5 Å². The Kier molecular flexibility index (Phi) is 3.79. The van der Waals surface area contributed by atoms with Gasteiger partial charge in [-0.2, -0.15) is 0 Å². The first-order chi connectivity index (χ1) is 8.18. The van der Waals surface area contributed by atoms with Gasteiger partial charge >= 0.3 is 0 Å². The smallest absolute Gasteiger partial charge is 0.179 e. The monoisotopic (exact) mass is 233 g/mol. The van der Waals surface area contributed by atoms with Crippen molar-refractivity contribution in [2.45, 2.75) is 32.2 Å². The van der Waals surface area contributed by atoms with E-state index >= 15 is 0 Å². The van der Waals surface area contributed by atoms with E-state index in [1.54, 1.807) is 24.3 Å². The number of Topliss-reactive ketones (excluding diaryl/α,β-unsaturated/α-hetero) is 1. The Hall–Kier alpha value is -1.35. The minimum atomic E-state index is -0.0557. The Bertz CT molecular complexity index is 380. The van der Waals surface area contributed by atoms with Crippen LogP contribution in [-0.2, 0) is 0 Å². The largest absolute Gasteiger partial charge is 0.508 e. The number of phenols is 1. The predicted octanol–water partition coefficient (Wildman–Crippen LogP) is 2.45. The van der Waals surface area contributed by atoms with Gasteiger partial charge in [0.1, 0.15) is 5.75 Å². The van der Waals surface area contributed by atoms with E-state index in [1.807, 2.05) is 6.92 Å². The zero-order chi connectivity index (χ0) is 12.3. The fourth-order valence-electron chi connectivity index (χ4n) is 2.34. The zero-order valence-electron chi connectivity index (χ0n) is 10.2. The maximum absolute atomic E-state index is 12.2. The molecular weight excluding hydrogens is 214 g/mol. The highest BCUT2D eigenvalue weighted by molar-refractivity contribution is 5.99. The van der Waals surface area contributed by atoms with Crippen LogP contribution in [0.4, 0.5) is 0 Å². The summed E-state index contributed by atoms with van der Waals surface area (Å²) in [5, 5.41) is 9.20. The molecule has 3 heteroatoms. The third-order valence-electron chi connectivity index (χ3n) is 3.47. The van der Waals surface area contributed by atoms with Crippen LogP contribution < -0.4 is 0 Å². The summed E-state index contributed by atoms with van der Waals surface area (Å²) in [4.78, 5) is 14.5. The average Bonchev–Trinajstić information content (AvgIpc) is 2.39. The lowest BCUT2D eigenvalue weighted by Crippen LogP contribution is -2.42. The second-order valence-corrected chi connectivity index (χ2v) is 4.68. The molecule has 0 bridgehead atoms. The molecular formula is C14H19NO2. The number of rotatable bonds is 3. The summed E-state index contributed by atoms with van der Waals surface area (Å²) >= 11 is 0. The van der Waals surface area contributed by atoms with Crippen LogP contribution in [-0.4, -0.2) is 34.9 Å². The first-order valence-corrected chi connectivity index (χ1v) is 6.26. The van der Waals surface area contributed by atoms with Crippen molar-refractivity contribution in [2.24, 2.45) is 0 Å². The van der Waals surface area contributed by atoms with Crippen LogP contribution >= 0.6 is 0 Å². The number of benzene rings is 1. The number of carbonyl (C=O) groups excluding carboxylic acids is 1. The molecule has 1 saturated heterocycles. The lowest BCUT2D eigenvalue weighted by molar-refractivity contribution is 0.0809. The number of ketones is 1. The molecule has 3 nitrogen and oxygen atoms in total. The molecule has 0 amide bonds. The minimum absolute atomic E-state index is 0.0557. The highest BCUT2D eigenvalue weighted by Crippen LogP contribution is 2.17. The molecule has 17 heavy (non-hydrogen) atoms. The van der Waals surface area contributed by atoms with Gasteiger partial charge in [-0.05, 0) is 57.1 Å².